The van der Waals surface area contributed by atoms with E-state index in [1.165, 1.54) is 4.90 Å². The molecule has 1 fully saturated rings. The Balaban J connectivity index is 1.84. The Kier molecular flexibility index (Phi) is 6.46. The minimum Gasteiger partial charge on any atom is -0.445 e. The summed E-state index contributed by atoms with van der Waals surface area (Å²) in [6.07, 6.45) is 0.378. The monoisotopic (exact) mass is 419 g/mol. The molecule has 4 atom stereocenters. The zero-order valence-electron chi connectivity index (χ0n) is 12.8. The number of halogens is 1. The average Bonchev–Trinajstić information content (AvgIpc) is 2.54. The average molecular weight is 419 g/mol. The zero-order chi connectivity index (χ0) is 16.1. The normalized spacial score (nSPS) is 26.3. The van der Waals surface area contributed by atoms with Crippen LogP contribution in [0.1, 0.15) is 25.3 Å². The van der Waals surface area contributed by atoms with Crippen LogP contribution >= 0.6 is 22.6 Å². The molecule has 1 aliphatic heterocycles. The fraction of sp³-hybridized carbons (Fsp3) is 0.562. The molecule has 1 N–H and O–H groups in total. The summed E-state index contributed by atoms with van der Waals surface area (Å²) in [5, 5.41) is 9.81. The molecule has 1 aliphatic rings. The number of nitrogens with zero attached hydrogens (tertiary/aromatic N) is 1. The molecule has 0 radical (unpaired) electrons. The summed E-state index contributed by atoms with van der Waals surface area (Å²) in [6.45, 7) is 2.16. The number of hydrogen-bond acceptors (Lipinski definition) is 4. The number of ether oxygens (including phenoxy) is 2. The van der Waals surface area contributed by atoms with Crippen molar-refractivity contribution in [2.45, 2.75) is 48.7 Å². The Bertz CT molecular complexity index is 484. The molecule has 1 aromatic rings. The first-order valence-electron chi connectivity index (χ1n) is 7.40. The lowest BCUT2D eigenvalue weighted by Crippen LogP contribution is -2.48. The maximum Gasteiger partial charge on any atom is 0.410 e. The number of alkyl halides is 1. The highest BCUT2D eigenvalue weighted by atomic mass is 127. The number of carbonyl (C=O) groups is 1. The number of aliphatic hydroxyl groups excluding tert-OH is 1. The number of aliphatic hydroxyl groups is 1. The van der Waals surface area contributed by atoms with Gasteiger partial charge in [-0.1, -0.05) is 52.9 Å². The first kappa shape index (κ1) is 17.5. The van der Waals surface area contributed by atoms with E-state index < -0.39 is 6.29 Å². The summed E-state index contributed by atoms with van der Waals surface area (Å²) in [7, 11) is 1.70. The highest BCUT2D eigenvalue weighted by Gasteiger charge is 2.34. The van der Waals surface area contributed by atoms with E-state index in [0.29, 0.717) is 0 Å². The van der Waals surface area contributed by atoms with Gasteiger partial charge in [-0.3, -0.25) is 0 Å². The number of benzene rings is 1. The molecule has 6 heteroatoms. The standard InChI is InChI=1S/C16H22INO4/c1-11(14-9-8-13(17)15(19)22-14)18(2)16(20)21-10-12-6-4-3-5-7-12/h3-7,11,13-15,19H,8-10H2,1-2H3/t11?,13?,14-,15?/m0/s1. The number of likely N-dealkylation sites (N-methyl/N-ethyl adjacent to an activating group) is 1. The Morgan fingerprint density at radius 2 is 2.14 bits per heavy atom. The maximum atomic E-state index is 12.1. The second-order valence-corrected chi connectivity index (χ2v) is 7.15. The van der Waals surface area contributed by atoms with Gasteiger partial charge in [-0.05, 0) is 25.3 Å². The molecule has 0 aromatic heterocycles. The first-order chi connectivity index (χ1) is 10.5. The molecule has 3 unspecified atom stereocenters. The van der Waals surface area contributed by atoms with Crippen LogP contribution in [0.2, 0.25) is 0 Å². The molecule has 1 aromatic carbocycles. The van der Waals surface area contributed by atoms with Gasteiger partial charge in [-0.15, -0.1) is 0 Å². The predicted molar refractivity (Wildman–Crippen MR) is 91.8 cm³/mol. The van der Waals surface area contributed by atoms with Gasteiger partial charge in [-0.2, -0.15) is 0 Å². The van der Waals surface area contributed by atoms with Crippen molar-refractivity contribution in [3.05, 3.63) is 35.9 Å². The Labute approximate surface area is 144 Å². The van der Waals surface area contributed by atoms with Crippen molar-refractivity contribution in [1.82, 2.24) is 4.90 Å². The predicted octanol–water partition coefficient (Wildman–Crippen LogP) is 2.94. The molecule has 0 saturated carbocycles. The Morgan fingerprint density at radius 3 is 2.77 bits per heavy atom. The fourth-order valence-corrected chi connectivity index (χ4v) is 2.92. The van der Waals surface area contributed by atoms with Crippen molar-refractivity contribution in [3.8, 4) is 0 Å². The van der Waals surface area contributed by atoms with Crippen molar-refractivity contribution >= 4 is 28.7 Å². The van der Waals surface area contributed by atoms with Crippen molar-refractivity contribution in [1.29, 1.82) is 0 Å². The molecule has 122 valence electrons. The smallest absolute Gasteiger partial charge is 0.410 e. The Morgan fingerprint density at radius 1 is 1.45 bits per heavy atom. The summed E-state index contributed by atoms with van der Waals surface area (Å²) < 4.78 is 11.0. The molecule has 1 heterocycles. The minimum atomic E-state index is -0.768. The van der Waals surface area contributed by atoms with Crippen LogP contribution < -0.4 is 0 Å². The molecule has 5 nitrogen and oxygen atoms in total. The molecule has 0 aliphatic carbocycles. The third-order valence-electron chi connectivity index (χ3n) is 3.99. The number of hydrogen-bond donors (Lipinski definition) is 1. The van der Waals surface area contributed by atoms with E-state index in [-0.39, 0.29) is 28.8 Å². The van der Waals surface area contributed by atoms with Crippen molar-refractivity contribution in [2.24, 2.45) is 0 Å². The number of carbonyl (C=O) groups excluding carboxylic acids is 1. The molecule has 0 bridgehead atoms. The third kappa shape index (κ3) is 4.57. The van der Waals surface area contributed by atoms with Gasteiger partial charge in [0.15, 0.2) is 6.29 Å². The molecular weight excluding hydrogens is 397 g/mol. The van der Waals surface area contributed by atoms with Gasteiger partial charge in [0.1, 0.15) is 6.61 Å². The van der Waals surface area contributed by atoms with Gasteiger partial charge < -0.3 is 19.5 Å². The molecule has 2 rings (SSSR count). The molecule has 0 spiro atoms. The molecule has 22 heavy (non-hydrogen) atoms. The summed E-state index contributed by atoms with van der Waals surface area (Å²) in [5.41, 5.74) is 0.953. The van der Waals surface area contributed by atoms with Crippen LogP contribution in [0.3, 0.4) is 0 Å². The Hall–Kier alpha value is -0.860. The van der Waals surface area contributed by atoms with Gasteiger partial charge in [0, 0.05) is 7.05 Å². The van der Waals surface area contributed by atoms with Crippen LogP contribution in [0.5, 0.6) is 0 Å². The van der Waals surface area contributed by atoms with Crippen LogP contribution in [0, 0.1) is 0 Å². The van der Waals surface area contributed by atoms with Crippen LogP contribution in [0.15, 0.2) is 30.3 Å². The fourth-order valence-electron chi connectivity index (χ4n) is 2.39. The van der Waals surface area contributed by atoms with Crippen LogP contribution in [0.4, 0.5) is 4.79 Å². The van der Waals surface area contributed by atoms with Crippen LogP contribution in [-0.4, -0.2) is 45.5 Å². The van der Waals surface area contributed by atoms with E-state index in [4.69, 9.17) is 9.47 Å². The molecule has 1 saturated heterocycles. The summed E-state index contributed by atoms with van der Waals surface area (Å²) >= 11 is 2.19. The van der Waals surface area contributed by atoms with Gasteiger partial charge in [0.2, 0.25) is 0 Å². The van der Waals surface area contributed by atoms with E-state index in [0.717, 1.165) is 18.4 Å². The lowest BCUT2D eigenvalue weighted by Gasteiger charge is -2.37. The zero-order valence-corrected chi connectivity index (χ0v) is 15.0. The van der Waals surface area contributed by atoms with E-state index >= 15 is 0 Å². The quantitative estimate of drug-likeness (QED) is 0.603. The highest BCUT2D eigenvalue weighted by molar-refractivity contribution is 14.1. The topological polar surface area (TPSA) is 59.0 Å². The largest absolute Gasteiger partial charge is 0.445 e. The second-order valence-electron chi connectivity index (χ2n) is 5.55. The lowest BCUT2D eigenvalue weighted by atomic mass is 10.0. The van der Waals surface area contributed by atoms with Gasteiger partial charge in [0.25, 0.3) is 0 Å². The minimum absolute atomic E-state index is 0.108. The lowest BCUT2D eigenvalue weighted by molar-refractivity contribution is -0.169. The van der Waals surface area contributed by atoms with E-state index in [9.17, 15) is 9.90 Å². The van der Waals surface area contributed by atoms with Gasteiger partial charge in [-0.25, -0.2) is 4.79 Å². The van der Waals surface area contributed by atoms with Crippen LogP contribution in [-0.2, 0) is 16.1 Å². The highest BCUT2D eigenvalue weighted by Crippen LogP contribution is 2.27. The van der Waals surface area contributed by atoms with E-state index in [2.05, 4.69) is 22.6 Å². The number of amides is 1. The summed E-state index contributed by atoms with van der Waals surface area (Å²) in [6, 6.07) is 9.42. The van der Waals surface area contributed by atoms with Gasteiger partial charge in [0.05, 0.1) is 16.1 Å². The third-order valence-corrected chi connectivity index (χ3v) is 5.23. The SMILES string of the molecule is CC([C@@H]1CCC(I)C(O)O1)N(C)C(=O)OCc1ccccc1. The van der Waals surface area contributed by atoms with Crippen molar-refractivity contribution < 1.29 is 19.4 Å². The van der Waals surface area contributed by atoms with Crippen molar-refractivity contribution in [3.63, 3.8) is 0 Å². The van der Waals surface area contributed by atoms with Gasteiger partial charge >= 0.3 is 6.09 Å². The summed E-state index contributed by atoms with van der Waals surface area (Å²) in [4.78, 5) is 13.7. The molecule has 1 amide bonds. The molecular formula is C16H22INO4. The van der Waals surface area contributed by atoms with E-state index in [1.54, 1.807) is 7.05 Å². The van der Waals surface area contributed by atoms with Crippen LogP contribution in [0.25, 0.3) is 0 Å². The van der Waals surface area contributed by atoms with Crippen molar-refractivity contribution in [2.75, 3.05) is 7.05 Å². The second kappa shape index (κ2) is 8.12. The number of rotatable bonds is 4. The summed E-state index contributed by atoms with van der Waals surface area (Å²) in [5.74, 6) is 0. The first-order valence-corrected chi connectivity index (χ1v) is 8.64. The van der Waals surface area contributed by atoms with E-state index in [1.807, 2.05) is 37.3 Å². The maximum absolute atomic E-state index is 12.1.